The maximum atomic E-state index is 5.60. The van der Waals surface area contributed by atoms with E-state index in [0.717, 1.165) is 70.5 Å². The second-order valence-electron chi connectivity index (χ2n) is 12.9. The molecule has 0 saturated carbocycles. The predicted octanol–water partition coefficient (Wildman–Crippen LogP) is 11.5. The van der Waals surface area contributed by atoms with Gasteiger partial charge in [-0.25, -0.2) is 9.97 Å². The first kappa shape index (κ1) is 28.7. The quantitative estimate of drug-likeness (QED) is 0.205. The maximum absolute atomic E-state index is 5.60. The minimum atomic E-state index is 0.847. The van der Waals surface area contributed by atoms with Gasteiger partial charge >= 0.3 is 0 Å². The fraction of sp³-hybridized carbons (Fsp3) is 0.182. The number of H-pyrrole nitrogens is 2. The fourth-order valence-electron chi connectivity index (χ4n) is 8.34. The monoisotopic (exact) mass is 622 g/mol. The molecule has 7 aromatic rings. The minimum Gasteiger partial charge on any atom is -0.354 e. The summed E-state index contributed by atoms with van der Waals surface area (Å²) >= 11 is 0. The first-order valence-corrected chi connectivity index (χ1v) is 17.4. The Hall–Kier alpha value is -5.48. The van der Waals surface area contributed by atoms with Crippen LogP contribution in [-0.4, -0.2) is 19.9 Å². The Morgan fingerprint density at radius 3 is 0.812 bits per heavy atom. The van der Waals surface area contributed by atoms with Crippen molar-refractivity contribution in [1.29, 1.82) is 0 Å². The van der Waals surface area contributed by atoms with Crippen molar-refractivity contribution in [2.45, 2.75) is 53.4 Å². The van der Waals surface area contributed by atoms with Crippen LogP contribution in [0.25, 0.3) is 88.6 Å². The molecule has 0 amide bonds. The van der Waals surface area contributed by atoms with Crippen molar-refractivity contribution in [1.82, 2.24) is 19.9 Å². The molecular weight excluding hydrogens is 585 g/mol. The second kappa shape index (κ2) is 11.1. The molecule has 0 aliphatic carbocycles. The van der Waals surface area contributed by atoms with Gasteiger partial charge in [-0.3, -0.25) is 0 Å². The lowest BCUT2D eigenvalue weighted by Crippen LogP contribution is -1.90. The van der Waals surface area contributed by atoms with Crippen molar-refractivity contribution in [2.75, 3.05) is 0 Å². The summed E-state index contributed by atoms with van der Waals surface area (Å²) in [6.45, 7) is 9.03. The second-order valence-corrected chi connectivity index (χ2v) is 12.9. The number of aryl methyl sites for hydroxylation is 4. The van der Waals surface area contributed by atoms with Crippen molar-refractivity contribution in [3.05, 3.63) is 119 Å². The number of hydrogen-bond donors (Lipinski definition) is 2. The maximum Gasteiger partial charge on any atom is 0.0769 e. The van der Waals surface area contributed by atoms with Gasteiger partial charge in [-0.15, -0.1) is 0 Å². The zero-order valence-electron chi connectivity index (χ0n) is 28.0. The third-order valence-electron chi connectivity index (χ3n) is 10.5. The molecule has 0 radical (unpaired) electrons. The molecule has 2 N–H and O–H groups in total. The number of nitrogens with zero attached hydrogens (tertiary/aromatic N) is 2. The van der Waals surface area contributed by atoms with Gasteiger partial charge in [0, 0.05) is 66.1 Å². The van der Waals surface area contributed by atoms with E-state index in [4.69, 9.17) is 9.97 Å². The fourth-order valence-corrected chi connectivity index (χ4v) is 8.34. The van der Waals surface area contributed by atoms with E-state index in [2.05, 4.69) is 135 Å². The number of nitrogens with one attached hydrogen (secondary N) is 2. The van der Waals surface area contributed by atoms with E-state index in [1.54, 1.807) is 0 Å². The van der Waals surface area contributed by atoms with Crippen LogP contribution in [0.4, 0.5) is 0 Å². The highest BCUT2D eigenvalue weighted by Crippen LogP contribution is 2.45. The Balaban J connectivity index is 1.63. The summed E-state index contributed by atoms with van der Waals surface area (Å²) < 4.78 is 0. The smallest absolute Gasteiger partial charge is 0.0769 e. The SMILES string of the molecule is CCc1c2nc(c(CC)c3[nH]c(c(CC)c4nc(c(CC)c5[nH]c1c1ccccc51)-c1ccccc1-4)c1ccccc31)-c1ccccc1-2. The van der Waals surface area contributed by atoms with Gasteiger partial charge in [0.15, 0.2) is 0 Å². The van der Waals surface area contributed by atoms with Crippen molar-refractivity contribution in [3.63, 3.8) is 0 Å². The number of hydrogen-bond acceptors (Lipinski definition) is 2. The molecular formula is C44H38N4. The van der Waals surface area contributed by atoms with E-state index in [1.807, 2.05) is 0 Å². The van der Waals surface area contributed by atoms with Crippen LogP contribution in [-0.2, 0) is 25.7 Å². The molecule has 234 valence electrons. The Kier molecular flexibility index (Phi) is 6.62. The minimum absolute atomic E-state index is 0.847. The van der Waals surface area contributed by atoms with Crippen molar-refractivity contribution in [3.8, 4) is 45.0 Å². The summed E-state index contributed by atoms with van der Waals surface area (Å²) in [7, 11) is 0. The Labute approximate surface area is 280 Å². The zero-order valence-corrected chi connectivity index (χ0v) is 28.0. The van der Waals surface area contributed by atoms with Gasteiger partial charge in [-0.05, 0) is 25.7 Å². The van der Waals surface area contributed by atoms with Crippen molar-refractivity contribution < 1.29 is 0 Å². The first-order valence-electron chi connectivity index (χ1n) is 17.4. The van der Waals surface area contributed by atoms with Crippen LogP contribution >= 0.6 is 0 Å². The van der Waals surface area contributed by atoms with Crippen LogP contribution in [0.15, 0.2) is 97.1 Å². The van der Waals surface area contributed by atoms with E-state index in [9.17, 15) is 0 Å². The molecule has 4 nitrogen and oxygen atoms in total. The molecule has 0 spiro atoms. The standard InChI is InChI=1S/C44H38N4/c1-5-25-37-29-17-9-11-19-31(29)39(45-37)26(6-2)41-33-21-13-15-23-35(33)43(47-41)28(8-4)44-36-24-16-14-22-34(36)42(48-44)27(7-3)40-32-20-12-10-18-30(32)38(25)46-40/h9-24,45,48H,5-8H2,1-4H3. The first-order chi connectivity index (χ1) is 23.7. The van der Waals surface area contributed by atoms with Crippen LogP contribution in [0.2, 0.25) is 0 Å². The number of benzene rings is 4. The van der Waals surface area contributed by atoms with Crippen LogP contribution in [0.1, 0.15) is 49.9 Å². The highest BCUT2D eigenvalue weighted by molar-refractivity contribution is 6.13. The number of aromatic amines is 2. The van der Waals surface area contributed by atoms with E-state index in [0.29, 0.717) is 0 Å². The Morgan fingerprint density at radius 2 is 0.583 bits per heavy atom. The summed E-state index contributed by atoms with van der Waals surface area (Å²) in [4.78, 5) is 19.2. The summed E-state index contributed by atoms with van der Waals surface area (Å²) in [5, 5.41) is 4.91. The summed E-state index contributed by atoms with van der Waals surface area (Å²) in [5.41, 5.74) is 18.6. The normalized spacial score (nSPS) is 12.1. The summed E-state index contributed by atoms with van der Waals surface area (Å²) in [6, 6.07) is 35.2. The highest BCUT2D eigenvalue weighted by atomic mass is 14.8. The molecule has 4 aromatic carbocycles. The molecule has 2 aliphatic rings. The predicted molar refractivity (Wildman–Crippen MR) is 202 cm³/mol. The Bertz CT molecular complexity index is 2260. The lowest BCUT2D eigenvalue weighted by Gasteiger charge is -2.05. The molecule has 48 heavy (non-hydrogen) atoms. The van der Waals surface area contributed by atoms with Crippen LogP contribution < -0.4 is 0 Å². The molecule has 3 aromatic heterocycles. The van der Waals surface area contributed by atoms with E-state index < -0.39 is 0 Å². The molecule has 0 fully saturated rings. The van der Waals surface area contributed by atoms with Gasteiger partial charge in [0.2, 0.25) is 0 Å². The van der Waals surface area contributed by atoms with Crippen LogP contribution in [0.3, 0.4) is 0 Å². The molecule has 5 heterocycles. The van der Waals surface area contributed by atoms with Gasteiger partial charge in [-0.2, -0.15) is 0 Å². The number of aromatic nitrogens is 4. The van der Waals surface area contributed by atoms with E-state index in [1.165, 1.54) is 66.1 Å². The number of rotatable bonds is 4. The lowest BCUT2D eigenvalue weighted by molar-refractivity contribution is 1.11. The molecule has 0 saturated heterocycles. The average molecular weight is 623 g/mol. The van der Waals surface area contributed by atoms with E-state index in [-0.39, 0.29) is 0 Å². The van der Waals surface area contributed by atoms with Crippen molar-refractivity contribution in [2.24, 2.45) is 0 Å². The van der Waals surface area contributed by atoms with Gasteiger partial charge in [0.25, 0.3) is 0 Å². The topological polar surface area (TPSA) is 57.4 Å². The molecule has 4 heteroatoms. The van der Waals surface area contributed by atoms with Crippen LogP contribution in [0, 0.1) is 0 Å². The summed E-state index contributed by atoms with van der Waals surface area (Å²) in [6.07, 6.45) is 3.39. The summed E-state index contributed by atoms with van der Waals surface area (Å²) in [5.74, 6) is 0. The Morgan fingerprint density at radius 1 is 0.354 bits per heavy atom. The largest absolute Gasteiger partial charge is 0.354 e. The molecule has 0 atom stereocenters. The average Bonchev–Trinajstić information content (AvgIpc) is 3.90. The molecule has 0 unspecified atom stereocenters. The highest BCUT2D eigenvalue weighted by Gasteiger charge is 2.26. The van der Waals surface area contributed by atoms with E-state index >= 15 is 0 Å². The van der Waals surface area contributed by atoms with Gasteiger partial charge < -0.3 is 9.97 Å². The van der Waals surface area contributed by atoms with Gasteiger partial charge in [0.05, 0.1) is 44.8 Å². The van der Waals surface area contributed by atoms with Gasteiger partial charge in [-0.1, -0.05) is 125 Å². The number of fused-ring (bicyclic) bond motifs is 20. The molecule has 9 rings (SSSR count). The van der Waals surface area contributed by atoms with Crippen LogP contribution in [0.5, 0.6) is 0 Å². The lowest BCUT2D eigenvalue weighted by atomic mass is 9.96. The third kappa shape index (κ3) is 3.95. The third-order valence-corrected chi connectivity index (χ3v) is 10.5. The molecule has 8 bridgehead atoms. The molecule has 2 aliphatic heterocycles. The zero-order chi connectivity index (χ0) is 32.5. The van der Waals surface area contributed by atoms with Gasteiger partial charge in [0.1, 0.15) is 0 Å². The van der Waals surface area contributed by atoms with Crippen molar-refractivity contribution >= 4 is 43.6 Å².